The van der Waals surface area contributed by atoms with E-state index in [1.54, 1.807) is 0 Å². The van der Waals surface area contributed by atoms with E-state index in [2.05, 4.69) is 4.74 Å². The molecule has 2 nitrogen and oxygen atoms in total. The van der Waals surface area contributed by atoms with Crippen molar-refractivity contribution < 1.29 is 40.3 Å². The van der Waals surface area contributed by atoms with Crippen LogP contribution in [0.4, 0.5) is 30.7 Å². The van der Waals surface area contributed by atoms with Crippen molar-refractivity contribution in [3.63, 3.8) is 0 Å². The van der Waals surface area contributed by atoms with Crippen LogP contribution in [0.25, 0.3) is 6.08 Å². The van der Waals surface area contributed by atoms with Gasteiger partial charge in [0.15, 0.2) is 17.5 Å². The molecular weight excluding hydrogens is 381 g/mol. The fourth-order valence-electron chi connectivity index (χ4n) is 2.14. The summed E-state index contributed by atoms with van der Waals surface area (Å²) < 4.78 is 96.3. The predicted molar refractivity (Wildman–Crippen MR) is 81.8 cm³/mol. The Bertz CT molecular complexity index is 884. The molecule has 0 aliphatic carbocycles. The molecule has 27 heavy (non-hydrogen) atoms. The second kappa shape index (κ2) is 7.81. The molecule has 0 N–H and O–H groups in total. The molecule has 0 heterocycles. The van der Waals surface area contributed by atoms with E-state index in [0.29, 0.717) is 6.08 Å². The minimum absolute atomic E-state index is 0.167. The lowest BCUT2D eigenvalue weighted by atomic mass is 10.1. The highest BCUT2D eigenvalue weighted by atomic mass is 19.4. The first-order valence-electron chi connectivity index (χ1n) is 7.48. The normalized spacial score (nSPS) is 11.9. The standard InChI is InChI=1S/C18H11F7O2/c1-2-11-13(19)15(21)16(22)17(14(11)20)27-12(26)8-5-9-3-6-10(7-4-9)18(23,24)25/h3-8H,2H2,1H3/b8-5+. The smallest absolute Gasteiger partial charge is 0.416 e. The number of benzene rings is 2. The number of alkyl halides is 3. The van der Waals surface area contributed by atoms with E-state index >= 15 is 0 Å². The lowest BCUT2D eigenvalue weighted by Crippen LogP contribution is -2.11. The van der Waals surface area contributed by atoms with Gasteiger partial charge in [0, 0.05) is 11.6 Å². The summed E-state index contributed by atoms with van der Waals surface area (Å²) in [5.41, 5.74) is -1.52. The maximum Gasteiger partial charge on any atom is 0.416 e. The quantitative estimate of drug-likeness (QED) is 0.173. The maximum atomic E-state index is 14.0. The number of esters is 1. The first-order chi connectivity index (χ1) is 12.6. The second-order valence-electron chi connectivity index (χ2n) is 5.29. The number of carbonyl (C=O) groups excluding carboxylic acids is 1. The Balaban J connectivity index is 2.21. The fourth-order valence-corrected chi connectivity index (χ4v) is 2.14. The largest absolute Gasteiger partial charge is 0.417 e. The highest BCUT2D eigenvalue weighted by Gasteiger charge is 2.30. The Morgan fingerprint density at radius 3 is 2.07 bits per heavy atom. The third kappa shape index (κ3) is 4.47. The van der Waals surface area contributed by atoms with Crippen LogP contribution in [0.3, 0.4) is 0 Å². The van der Waals surface area contributed by atoms with Gasteiger partial charge in [-0.3, -0.25) is 0 Å². The molecule has 0 saturated heterocycles. The summed E-state index contributed by atoms with van der Waals surface area (Å²) in [6, 6.07) is 3.65. The van der Waals surface area contributed by atoms with Gasteiger partial charge in [0.05, 0.1) is 5.56 Å². The van der Waals surface area contributed by atoms with Crippen molar-refractivity contribution in [3.05, 3.63) is 70.3 Å². The summed E-state index contributed by atoms with van der Waals surface area (Å²) in [6.45, 7) is 1.29. The molecule has 0 saturated carbocycles. The monoisotopic (exact) mass is 392 g/mol. The number of rotatable bonds is 4. The summed E-state index contributed by atoms with van der Waals surface area (Å²) in [6.07, 6.45) is -3.14. The zero-order valence-corrected chi connectivity index (χ0v) is 13.6. The van der Waals surface area contributed by atoms with Crippen molar-refractivity contribution >= 4 is 12.0 Å². The molecule has 0 amide bonds. The second-order valence-corrected chi connectivity index (χ2v) is 5.29. The van der Waals surface area contributed by atoms with Gasteiger partial charge in [-0.1, -0.05) is 19.1 Å². The average molecular weight is 392 g/mol. The molecule has 0 unspecified atom stereocenters. The number of carbonyl (C=O) groups is 1. The third-order valence-corrected chi connectivity index (χ3v) is 3.52. The van der Waals surface area contributed by atoms with E-state index in [1.165, 1.54) is 6.92 Å². The molecule has 0 aromatic heterocycles. The topological polar surface area (TPSA) is 26.3 Å². The molecule has 144 valence electrons. The van der Waals surface area contributed by atoms with E-state index < -0.39 is 52.3 Å². The Kier molecular flexibility index (Phi) is 5.92. The molecule has 2 rings (SSSR count). The van der Waals surface area contributed by atoms with Crippen molar-refractivity contribution in [3.8, 4) is 5.75 Å². The van der Waals surface area contributed by atoms with E-state index in [4.69, 9.17) is 0 Å². The van der Waals surface area contributed by atoms with Crippen LogP contribution in [-0.4, -0.2) is 5.97 Å². The van der Waals surface area contributed by atoms with E-state index in [-0.39, 0.29) is 12.0 Å². The molecule has 9 heteroatoms. The van der Waals surface area contributed by atoms with Crippen molar-refractivity contribution in [1.29, 1.82) is 0 Å². The Hall–Kier alpha value is -2.84. The fraction of sp³-hybridized carbons (Fsp3) is 0.167. The van der Waals surface area contributed by atoms with Gasteiger partial charge in [0.25, 0.3) is 0 Å². The Morgan fingerprint density at radius 2 is 1.56 bits per heavy atom. The van der Waals surface area contributed by atoms with Crippen molar-refractivity contribution in [2.45, 2.75) is 19.5 Å². The van der Waals surface area contributed by atoms with Crippen LogP contribution in [0, 0.1) is 23.3 Å². The van der Waals surface area contributed by atoms with Gasteiger partial charge in [0.1, 0.15) is 0 Å². The van der Waals surface area contributed by atoms with Gasteiger partial charge in [0.2, 0.25) is 11.6 Å². The number of halogens is 7. The first-order valence-corrected chi connectivity index (χ1v) is 7.48. The summed E-state index contributed by atoms with van der Waals surface area (Å²) >= 11 is 0. The molecule has 2 aromatic rings. The molecule has 0 spiro atoms. The van der Waals surface area contributed by atoms with Gasteiger partial charge in [-0.15, -0.1) is 0 Å². The third-order valence-electron chi connectivity index (χ3n) is 3.52. The van der Waals surface area contributed by atoms with Crippen molar-refractivity contribution in [2.24, 2.45) is 0 Å². The van der Waals surface area contributed by atoms with Crippen LogP contribution >= 0.6 is 0 Å². The summed E-state index contributed by atoms with van der Waals surface area (Å²) in [5.74, 6) is -9.98. The van der Waals surface area contributed by atoms with Gasteiger partial charge in [-0.2, -0.15) is 17.6 Å². The summed E-state index contributed by atoms with van der Waals surface area (Å²) in [5, 5.41) is 0. The molecule has 0 bridgehead atoms. The van der Waals surface area contributed by atoms with Gasteiger partial charge in [-0.25, -0.2) is 18.0 Å². The number of hydrogen-bond donors (Lipinski definition) is 0. The van der Waals surface area contributed by atoms with E-state index in [9.17, 15) is 35.5 Å². The number of ether oxygens (including phenoxy) is 1. The van der Waals surface area contributed by atoms with Crippen LogP contribution in [-0.2, 0) is 17.4 Å². The summed E-state index contributed by atoms with van der Waals surface area (Å²) in [7, 11) is 0. The van der Waals surface area contributed by atoms with Crippen molar-refractivity contribution in [2.75, 3.05) is 0 Å². The lowest BCUT2D eigenvalue weighted by molar-refractivity contribution is -0.137. The van der Waals surface area contributed by atoms with Crippen LogP contribution < -0.4 is 4.74 Å². The lowest BCUT2D eigenvalue weighted by Gasteiger charge is -2.10. The highest BCUT2D eigenvalue weighted by Crippen LogP contribution is 2.31. The Morgan fingerprint density at radius 1 is 0.963 bits per heavy atom. The molecule has 0 aliphatic rings. The Labute approximate surface area is 148 Å². The van der Waals surface area contributed by atoms with Crippen LogP contribution in [0.15, 0.2) is 30.3 Å². The maximum absolute atomic E-state index is 14.0. The van der Waals surface area contributed by atoms with Crippen LogP contribution in [0.1, 0.15) is 23.6 Å². The summed E-state index contributed by atoms with van der Waals surface area (Å²) in [4.78, 5) is 11.7. The van der Waals surface area contributed by atoms with Crippen LogP contribution in [0.2, 0.25) is 0 Å². The first kappa shape index (κ1) is 20.5. The SMILES string of the molecule is CCc1c(F)c(F)c(F)c(OC(=O)/C=C/c2ccc(C(F)(F)F)cc2)c1F. The average Bonchev–Trinajstić information content (AvgIpc) is 2.62. The zero-order valence-electron chi connectivity index (χ0n) is 13.6. The van der Waals surface area contributed by atoms with E-state index in [1.807, 2.05) is 0 Å². The minimum Gasteiger partial charge on any atom is -0.417 e. The molecule has 0 radical (unpaired) electrons. The molecule has 0 fully saturated rings. The molecule has 0 atom stereocenters. The van der Waals surface area contributed by atoms with Crippen LogP contribution in [0.5, 0.6) is 5.75 Å². The molecular formula is C18H11F7O2. The molecule has 2 aromatic carbocycles. The predicted octanol–water partition coefficient (Wildman–Crippen LogP) is 5.44. The number of hydrogen-bond acceptors (Lipinski definition) is 2. The molecule has 0 aliphatic heterocycles. The van der Waals surface area contributed by atoms with Crippen molar-refractivity contribution in [1.82, 2.24) is 0 Å². The van der Waals surface area contributed by atoms with Gasteiger partial charge < -0.3 is 4.74 Å². The minimum atomic E-state index is -4.53. The van der Waals surface area contributed by atoms with E-state index in [0.717, 1.165) is 30.3 Å². The van der Waals surface area contributed by atoms with Gasteiger partial charge >= 0.3 is 12.1 Å². The van der Waals surface area contributed by atoms with Gasteiger partial charge in [-0.05, 0) is 30.2 Å². The highest BCUT2D eigenvalue weighted by molar-refractivity contribution is 5.88. The zero-order chi connectivity index (χ0) is 20.4.